The lowest BCUT2D eigenvalue weighted by Crippen LogP contribution is -2.46. The summed E-state index contributed by atoms with van der Waals surface area (Å²) in [6, 6.07) is 1.52. The Morgan fingerprint density at radius 1 is 1.05 bits per heavy atom. The van der Waals surface area contributed by atoms with Gasteiger partial charge in [0.2, 0.25) is 0 Å². The van der Waals surface area contributed by atoms with Crippen LogP contribution < -0.4 is 0 Å². The predicted molar refractivity (Wildman–Crippen MR) is 70.8 cm³/mol. The van der Waals surface area contributed by atoms with Crippen molar-refractivity contribution in [2.24, 2.45) is 0 Å². The van der Waals surface area contributed by atoms with E-state index in [-0.39, 0.29) is 24.1 Å². The zero-order valence-electron chi connectivity index (χ0n) is 12.0. The molecule has 0 unspecified atom stereocenters. The second-order valence-corrected chi connectivity index (χ2v) is 7.52. The molecule has 0 fully saturated rings. The van der Waals surface area contributed by atoms with E-state index in [2.05, 4.69) is 0 Å². The van der Waals surface area contributed by atoms with E-state index >= 15 is 0 Å². The number of halogens is 3. The molecule has 0 spiro atoms. The van der Waals surface area contributed by atoms with Crippen LogP contribution in [0.1, 0.15) is 19.4 Å². The number of rotatable bonds is 7. The van der Waals surface area contributed by atoms with Crippen LogP contribution in [0.2, 0.25) is 6.04 Å². The highest BCUT2D eigenvalue weighted by Crippen LogP contribution is 2.23. The average Bonchev–Trinajstić information content (AvgIpc) is 2.35. The van der Waals surface area contributed by atoms with Crippen molar-refractivity contribution in [1.29, 1.82) is 0 Å². The summed E-state index contributed by atoms with van der Waals surface area (Å²) < 4.78 is 56.2. The molecule has 0 saturated heterocycles. The van der Waals surface area contributed by atoms with E-state index < -0.39 is 26.3 Å². The number of hydrogen-bond acceptors (Lipinski definition) is 3. The Morgan fingerprint density at radius 3 is 1.95 bits per heavy atom. The lowest BCUT2D eigenvalue weighted by Gasteiger charge is -2.28. The molecule has 0 radical (unpaired) electrons. The minimum absolute atomic E-state index is 0.0125. The maximum Gasteiger partial charge on any atom is 0.500 e. The zero-order chi connectivity index (χ0) is 15.3. The van der Waals surface area contributed by atoms with Gasteiger partial charge in [-0.05, 0) is 20.3 Å². The standard InChI is InChI=1S/C13H19F3O3Si/c1-9(2)19-20(17-3,18-4)6-5-11-12(15)7-10(14)8-13(11)16/h7-9H,5-6H2,1-4H3. The molecule has 0 aliphatic heterocycles. The van der Waals surface area contributed by atoms with E-state index in [0.717, 1.165) is 0 Å². The van der Waals surface area contributed by atoms with Crippen molar-refractivity contribution >= 4 is 8.80 Å². The van der Waals surface area contributed by atoms with Crippen molar-refractivity contribution in [2.45, 2.75) is 32.4 Å². The van der Waals surface area contributed by atoms with Gasteiger partial charge >= 0.3 is 8.80 Å². The Bertz CT molecular complexity index is 427. The summed E-state index contributed by atoms with van der Waals surface area (Å²) in [7, 11) is -0.0959. The third-order valence-electron chi connectivity index (χ3n) is 2.82. The van der Waals surface area contributed by atoms with Crippen molar-refractivity contribution in [3.8, 4) is 0 Å². The molecule has 0 heterocycles. The maximum absolute atomic E-state index is 13.6. The molecule has 0 aliphatic rings. The molecule has 0 aromatic heterocycles. The van der Waals surface area contributed by atoms with Crippen molar-refractivity contribution < 1.29 is 26.4 Å². The molecule has 0 bridgehead atoms. The molecule has 0 amide bonds. The molecule has 114 valence electrons. The summed E-state index contributed by atoms with van der Waals surface area (Å²) in [4.78, 5) is 0. The van der Waals surface area contributed by atoms with E-state index in [1.54, 1.807) is 0 Å². The second kappa shape index (κ2) is 7.21. The van der Waals surface area contributed by atoms with Crippen molar-refractivity contribution in [2.75, 3.05) is 14.2 Å². The fourth-order valence-corrected chi connectivity index (χ4v) is 4.05. The summed E-state index contributed by atoms with van der Waals surface area (Å²) in [5.74, 6) is -2.77. The fourth-order valence-electron chi connectivity index (χ4n) is 1.89. The molecule has 0 atom stereocenters. The first-order valence-corrected chi connectivity index (χ1v) is 8.18. The normalized spacial score (nSPS) is 12.2. The van der Waals surface area contributed by atoms with Crippen LogP contribution in [0.3, 0.4) is 0 Å². The van der Waals surface area contributed by atoms with Gasteiger partial charge in [0.15, 0.2) is 0 Å². The van der Waals surface area contributed by atoms with Crippen LogP contribution in [-0.2, 0) is 19.7 Å². The quantitative estimate of drug-likeness (QED) is 0.723. The summed E-state index contributed by atoms with van der Waals surface area (Å²) in [5, 5.41) is 0. The topological polar surface area (TPSA) is 27.7 Å². The summed E-state index contributed by atoms with van der Waals surface area (Å²) in [6.45, 7) is 3.64. The van der Waals surface area contributed by atoms with Gasteiger partial charge in [-0.15, -0.1) is 0 Å². The minimum Gasteiger partial charge on any atom is -0.377 e. The first kappa shape index (κ1) is 17.2. The van der Waals surface area contributed by atoms with Crippen LogP contribution in [0.15, 0.2) is 12.1 Å². The summed E-state index contributed by atoms with van der Waals surface area (Å²) in [5.41, 5.74) is -0.190. The molecule has 1 aromatic rings. The lowest BCUT2D eigenvalue weighted by molar-refractivity contribution is 0.0700. The van der Waals surface area contributed by atoms with Crippen molar-refractivity contribution in [3.05, 3.63) is 35.1 Å². The lowest BCUT2D eigenvalue weighted by atomic mass is 10.1. The van der Waals surface area contributed by atoms with Crippen molar-refractivity contribution in [1.82, 2.24) is 0 Å². The van der Waals surface area contributed by atoms with E-state index in [1.165, 1.54) is 14.2 Å². The molecular weight excluding hydrogens is 289 g/mol. The number of hydrogen-bond donors (Lipinski definition) is 0. The van der Waals surface area contributed by atoms with E-state index in [0.29, 0.717) is 12.1 Å². The smallest absolute Gasteiger partial charge is 0.377 e. The Labute approximate surface area is 118 Å². The monoisotopic (exact) mass is 308 g/mol. The van der Waals surface area contributed by atoms with Crippen LogP contribution in [0, 0.1) is 17.5 Å². The van der Waals surface area contributed by atoms with Crippen LogP contribution in [-0.4, -0.2) is 29.1 Å². The first-order chi connectivity index (χ1) is 9.33. The van der Waals surface area contributed by atoms with Gasteiger partial charge in [0, 0.05) is 44.1 Å². The van der Waals surface area contributed by atoms with Crippen molar-refractivity contribution in [3.63, 3.8) is 0 Å². The Balaban J connectivity index is 2.88. The highest BCUT2D eigenvalue weighted by atomic mass is 28.4. The zero-order valence-corrected chi connectivity index (χ0v) is 13.0. The third-order valence-corrected chi connectivity index (χ3v) is 5.76. The van der Waals surface area contributed by atoms with Gasteiger partial charge in [0.25, 0.3) is 0 Å². The van der Waals surface area contributed by atoms with Crippen LogP contribution in [0.25, 0.3) is 0 Å². The van der Waals surface area contributed by atoms with Gasteiger partial charge < -0.3 is 13.3 Å². The minimum atomic E-state index is -2.98. The van der Waals surface area contributed by atoms with Gasteiger partial charge in [0.1, 0.15) is 17.5 Å². The van der Waals surface area contributed by atoms with E-state index in [1.807, 2.05) is 13.8 Å². The summed E-state index contributed by atoms with van der Waals surface area (Å²) >= 11 is 0. The van der Waals surface area contributed by atoms with Crippen LogP contribution in [0.4, 0.5) is 13.2 Å². The highest BCUT2D eigenvalue weighted by Gasteiger charge is 2.40. The molecular formula is C13H19F3O3Si. The van der Waals surface area contributed by atoms with Crippen LogP contribution >= 0.6 is 0 Å². The fraction of sp³-hybridized carbons (Fsp3) is 0.538. The summed E-state index contributed by atoms with van der Waals surface area (Å²) in [6.07, 6.45) is -0.122. The predicted octanol–water partition coefficient (Wildman–Crippen LogP) is 3.30. The number of benzene rings is 1. The van der Waals surface area contributed by atoms with E-state index in [9.17, 15) is 13.2 Å². The molecule has 7 heteroatoms. The van der Waals surface area contributed by atoms with Crippen LogP contribution in [0.5, 0.6) is 0 Å². The Hall–Kier alpha value is -0.893. The van der Waals surface area contributed by atoms with Gasteiger partial charge in [-0.2, -0.15) is 0 Å². The molecule has 0 N–H and O–H groups in total. The molecule has 1 rings (SSSR count). The average molecular weight is 308 g/mol. The third kappa shape index (κ3) is 4.31. The molecule has 0 aliphatic carbocycles. The molecule has 1 aromatic carbocycles. The van der Waals surface area contributed by atoms with Gasteiger partial charge in [0.05, 0.1) is 0 Å². The largest absolute Gasteiger partial charge is 0.500 e. The highest BCUT2D eigenvalue weighted by molar-refractivity contribution is 6.60. The van der Waals surface area contributed by atoms with E-state index in [4.69, 9.17) is 13.3 Å². The molecule has 0 saturated carbocycles. The Morgan fingerprint density at radius 2 is 1.55 bits per heavy atom. The SMILES string of the molecule is CO[Si](CCc1c(F)cc(F)cc1F)(OC)OC(C)C. The first-order valence-electron chi connectivity index (χ1n) is 6.25. The van der Waals surface area contributed by atoms with Gasteiger partial charge in [-0.1, -0.05) is 0 Å². The molecule has 3 nitrogen and oxygen atoms in total. The second-order valence-electron chi connectivity index (χ2n) is 4.61. The maximum atomic E-state index is 13.6. The van der Waals surface area contributed by atoms with Gasteiger partial charge in [-0.25, -0.2) is 13.2 Å². The molecule has 20 heavy (non-hydrogen) atoms. The van der Waals surface area contributed by atoms with Gasteiger partial charge in [-0.3, -0.25) is 0 Å². The Kier molecular flexibility index (Phi) is 6.19.